The van der Waals surface area contributed by atoms with E-state index in [4.69, 9.17) is 9.57 Å². The molecule has 0 aromatic rings. The maximum Gasteiger partial charge on any atom is 0.315 e. The maximum absolute atomic E-state index is 5.56. The monoisotopic (exact) mass is 156 g/mol. The minimum absolute atomic E-state index is 0.139. The molecule has 0 bridgehead atoms. The maximum atomic E-state index is 5.56. The number of hydroxylamine groups is 2. The summed E-state index contributed by atoms with van der Waals surface area (Å²) in [4.78, 5) is 5.34. The Hall–Kier alpha value is -0.160. The first-order valence-corrected chi connectivity index (χ1v) is 4.25. The van der Waals surface area contributed by atoms with E-state index in [1.54, 1.807) is 0 Å². The quantitative estimate of drug-likeness (QED) is 0.572. The van der Waals surface area contributed by atoms with Crippen LogP contribution in [0.2, 0.25) is 0 Å². The van der Waals surface area contributed by atoms with Crippen molar-refractivity contribution >= 4 is 0 Å². The minimum atomic E-state index is -0.318. The summed E-state index contributed by atoms with van der Waals surface area (Å²) in [5, 5.41) is 5.29. The molecule has 1 N–H and O–H groups in total. The molecule has 3 atom stereocenters. The van der Waals surface area contributed by atoms with E-state index in [0.717, 1.165) is 25.9 Å². The third-order valence-corrected chi connectivity index (χ3v) is 2.64. The van der Waals surface area contributed by atoms with Crippen LogP contribution in [0.3, 0.4) is 0 Å². The second-order valence-electron chi connectivity index (χ2n) is 3.38. The first-order chi connectivity index (χ1) is 5.33. The SMILES string of the molecule is CCCC12NCCN3OC31O2. The zero-order valence-corrected chi connectivity index (χ0v) is 6.59. The Bertz CT molecular complexity index is 201. The Balaban J connectivity index is 1.81. The van der Waals surface area contributed by atoms with Gasteiger partial charge in [0.05, 0.1) is 0 Å². The van der Waals surface area contributed by atoms with Crippen LogP contribution in [-0.4, -0.2) is 29.8 Å². The van der Waals surface area contributed by atoms with Gasteiger partial charge in [0, 0.05) is 13.1 Å². The molecule has 0 amide bonds. The lowest BCUT2D eigenvalue weighted by molar-refractivity contribution is 0.171. The summed E-state index contributed by atoms with van der Waals surface area (Å²) >= 11 is 0. The average molecular weight is 156 g/mol. The Morgan fingerprint density at radius 3 is 3.36 bits per heavy atom. The van der Waals surface area contributed by atoms with Crippen LogP contribution in [0.5, 0.6) is 0 Å². The average Bonchev–Trinajstić information content (AvgIpc) is 2.74. The van der Waals surface area contributed by atoms with E-state index >= 15 is 0 Å². The van der Waals surface area contributed by atoms with E-state index in [-0.39, 0.29) is 11.6 Å². The molecule has 3 aliphatic heterocycles. The molecule has 0 aliphatic carbocycles. The highest BCUT2D eigenvalue weighted by molar-refractivity contribution is 5.14. The van der Waals surface area contributed by atoms with Crippen molar-refractivity contribution in [3.8, 4) is 0 Å². The fourth-order valence-corrected chi connectivity index (χ4v) is 2.03. The third kappa shape index (κ3) is 0.561. The molecular weight excluding hydrogens is 144 g/mol. The van der Waals surface area contributed by atoms with Gasteiger partial charge in [0.15, 0.2) is 5.72 Å². The normalized spacial score (nSPS) is 58.1. The van der Waals surface area contributed by atoms with Crippen molar-refractivity contribution in [3.05, 3.63) is 0 Å². The summed E-state index contributed by atoms with van der Waals surface area (Å²) in [6, 6.07) is 0. The van der Waals surface area contributed by atoms with Gasteiger partial charge < -0.3 is 4.74 Å². The molecule has 3 unspecified atom stereocenters. The van der Waals surface area contributed by atoms with Gasteiger partial charge in [-0.1, -0.05) is 13.3 Å². The molecule has 4 nitrogen and oxygen atoms in total. The van der Waals surface area contributed by atoms with Crippen molar-refractivity contribution in [1.82, 2.24) is 10.4 Å². The molecule has 3 heterocycles. The summed E-state index contributed by atoms with van der Waals surface area (Å²) in [6.07, 6.45) is 2.18. The predicted molar refractivity (Wildman–Crippen MR) is 37.2 cm³/mol. The van der Waals surface area contributed by atoms with Gasteiger partial charge in [0.1, 0.15) is 0 Å². The molecular formula is C7H12N2O2. The van der Waals surface area contributed by atoms with Crippen LogP contribution >= 0.6 is 0 Å². The van der Waals surface area contributed by atoms with Crippen molar-refractivity contribution in [2.45, 2.75) is 31.4 Å². The topological polar surface area (TPSA) is 40.1 Å². The Morgan fingerprint density at radius 1 is 1.64 bits per heavy atom. The molecule has 0 radical (unpaired) electrons. The largest absolute Gasteiger partial charge is 0.315 e. The highest BCUT2D eigenvalue weighted by Gasteiger charge is 2.87. The van der Waals surface area contributed by atoms with Crippen LogP contribution in [0.1, 0.15) is 19.8 Å². The number of hydrogen-bond donors (Lipinski definition) is 1. The molecule has 1 spiro atoms. The molecule has 3 aliphatic rings. The fraction of sp³-hybridized carbons (Fsp3) is 1.00. The lowest BCUT2D eigenvalue weighted by atomic mass is 10.1. The summed E-state index contributed by atoms with van der Waals surface area (Å²) in [5.41, 5.74) is -0.139. The van der Waals surface area contributed by atoms with Gasteiger partial charge in [-0.2, -0.15) is 0 Å². The van der Waals surface area contributed by atoms with E-state index in [1.165, 1.54) is 0 Å². The molecule has 3 saturated heterocycles. The Morgan fingerprint density at radius 2 is 2.55 bits per heavy atom. The van der Waals surface area contributed by atoms with Crippen LogP contribution in [-0.2, 0) is 9.57 Å². The van der Waals surface area contributed by atoms with Crippen molar-refractivity contribution in [2.75, 3.05) is 13.1 Å². The van der Waals surface area contributed by atoms with Crippen LogP contribution in [0.25, 0.3) is 0 Å². The smallest absolute Gasteiger partial charge is 0.302 e. The number of rotatable bonds is 2. The van der Waals surface area contributed by atoms with Gasteiger partial charge in [-0.3, -0.25) is 5.32 Å². The van der Waals surface area contributed by atoms with Crippen LogP contribution in [0.15, 0.2) is 0 Å². The van der Waals surface area contributed by atoms with Gasteiger partial charge in [-0.05, 0) is 6.42 Å². The molecule has 0 aromatic heterocycles. The number of ether oxygens (including phenoxy) is 1. The number of nitrogens with one attached hydrogen (secondary N) is 1. The predicted octanol–water partition coefficient (Wildman–Crippen LogP) is 0.0172. The Labute approximate surface area is 65.4 Å². The molecule has 4 heteroatoms. The summed E-state index contributed by atoms with van der Waals surface area (Å²) in [6.45, 7) is 4.08. The second kappa shape index (κ2) is 1.61. The number of nitrogens with zero attached hydrogens (tertiary/aromatic N) is 1. The van der Waals surface area contributed by atoms with Gasteiger partial charge in [0.25, 0.3) is 0 Å². The third-order valence-electron chi connectivity index (χ3n) is 2.64. The fourth-order valence-electron chi connectivity index (χ4n) is 2.03. The summed E-state index contributed by atoms with van der Waals surface area (Å²) in [5.74, 6) is -0.318. The summed E-state index contributed by atoms with van der Waals surface area (Å²) < 4.78 is 5.56. The lowest BCUT2D eigenvalue weighted by Crippen LogP contribution is -2.44. The number of piperazine rings is 1. The van der Waals surface area contributed by atoms with E-state index < -0.39 is 0 Å². The van der Waals surface area contributed by atoms with E-state index in [2.05, 4.69) is 12.2 Å². The zero-order chi connectivity index (χ0) is 7.53. The highest BCUT2D eigenvalue weighted by atomic mass is 17.1. The number of hydrogen-bond acceptors (Lipinski definition) is 4. The molecule has 3 fully saturated rings. The van der Waals surface area contributed by atoms with Crippen molar-refractivity contribution in [1.29, 1.82) is 0 Å². The van der Waals surface area contributed by atoms with Crippen LogP contribution < -0.4 is 5.32 Å². The van der Waals surface area contributed by atoms with Gasteiger partial charge in [0.2, 0.25) is 0 Å². The van der Waals surface area contributed by atoms with Crippen molar-refractivity contribution < 1.29 is 9.57 Å². The van der Waals surface area contributed by atoms with Crippen molar-refractivity contribution in [2.24, 2.45) is 0 Å². The van der Waals surface area contributed by atoms with Gasteiger partial charge in [-0.15, -0.1) is 5.06 Å². The molecule has 3 rings (SSSR count). The van der Waals surface area contributed by atoms with Gasteiger partial charge >= 0.3 is 5.91 Å². The minimum Gasteiger partial charge on any atom is -0.302 e. The molecule has 11 heavy (non-hydrogen) atoms. The van der Waals surface area contributed by atoms with E-state index in [9.17, 15) is 0 Å². The van der Waals surface area contributed by atoms with Crippen molar-refractivity contribution in [3.63, 3.8) is 0 Å². The van der Waals surface area contributed by atoms with Crippen LogP contribution in [0.4, 0.5) is 0 Å². The van der Waals surface area contributed by atoms with E-state index in [0.29, 0.717) is 0 Å². The first kappa shape index (κ1) is 6.37. The lowest BCUT2D eigenvalue weighted by Gasteiger charge is -2.14. The number of epoxide rings is 1. The molecule has 62 valence electrons. The zero-order valence-electron chi connectivity index (χ0n) is 6.59. The second-order valence-corrected chi connectivity index (χ2v) is 3.38. The highest BCUT2D eigenvalue weighted by Crippen LogP contribution is 2.63. The standard InChI is InChI=1S/C7H12N2O2/c1-2-3-6-7(10-6)9(11-7)5-4-8-6/h8H,2-5H2,1H3. The summed E-state index contributed by atoms with van der Waals surface area (Å²) in [7, 11) is 0. The Kier molecular flexibility index (Phi) is 0.933. The first-order valence-electron chi connectivity index (χ1n) is 4.25. The van der Waals surface area contributed by atoms with Gasteiger partial charge in [-0.25, -0.2) is 4.84 Å². The molecule has 0 saturated carbocycles. The van der Waals surface area contributed by atoms with E-state index in [1.807, 2.05) is 5.06 Å². The van der Waals surface area contributed by atoms with Crippen LogP contribution in [0, 0.1) is 0 Å². The molecule has 0 aromatic carbocycles.